The van der Waals surface area contributed by atoms with Gasteiger partial charge in [0.15, 0.2) is 5.76 Å². The Balaban J connectivity index is 1.30. The van der Waals surface area contributed by atoms with Crippen molar-refractivity contribution in [2.75, 3.05) is 13.2 Å². The van der Waals surface area contributed by atoms with Crippen LogP contribution in [0.1, 0.15) is 17.0 Å². The van der Waals surface area contributed by atoms with E-state index in [1.165, 1.54) is 6.26 Å². The van der Waals surface area contributed by atoms with Crippen LogP contribution in [0.3, 0.4) is 0 Å². The summed E-state index contributed by atoms with van der Waals surface area (Å²) in [6.45, 7) is 0.978. The molecule has 5 nitrogen and oxygen atoms in total. The number of rotatable bonds is 7. The van der Waals surface area contributed by atoms with Crippen molar-refractivity contribution in [1.29, 1.82) is 0 Å². The van der Waals surface area contributed by atoms with Gasteiger partial charge in [0.1, 0.15) is 11.3 Å². The van der Waals surface area contributed by atoms with Crippen LogP contribution in [0, 0.1) is 0 Å². The highest BCUT2D eigenvalue weighted by Gasteiger charge is 2.16. The molecule has 4 aromatic rings. The SMILES string of the molecule is O=C(NCCCOc1cccc2cccnc12)c1occc1-c1ccccc1. The lowest BCUT2D eigenvalue weighted by Crippen LogP contribution is -2.25. The molecule has 28 heavy (non-hydrogen) atoms. The maximum absolute atomic E-state index is 12.5. The van der Waals surface area contributed by atoms with Crippen LogP contribution in [0.25, 0.3) is 22.0 Å². The van der Waals surface area contributed by atoms with E-state index in [4.69, 9.17) is 9.15 Å². The molecule has 0 unspecified atom stereocenters. The summed E-state index contributed by atoms with van der Waals surface area (Å²) >= 11 is 0. The van der Waals surface area contributed by atoms with Crippen molar-refractivity contribution in [2.45, 2.75) is 6.42 Å². The van der Waals surface area contributed by atoms with Crippen molar-refractivity contribution in [3.63, 3.8) is 0 Å². The predicted molar refractivity (Wildman–Crippen MR) is 108 cm³/mol. The Kier molecular flexibility index (Phi) is 5.33. The molecule has 0 fully saturated rings. The molecule has 0 bridgehead atoms. The van der Waals surface area contributed by atoms with Crippen LogP contribution in [-0.2, 0) is 0 Å². The molecule has 0 aliphatic rings. The van der Waals surface area contributed by atoms with Gasteiger partial charge in [-0.1, -0.05) is 48.5 Å². The normalized spacial score (nSPS) is 10.7. The van der Waals surface area contributed by atoms with E-state index in [0.717, 1.165) is 27.8 Å². The molecule has 1 amide bonds. The number of carbonyl (C=O) groups excluding carboxylic acids is 1. The minimum atomic E-state index is -0.226. The van der Waals surface area contributed by atoms with E-state index in [-0.39, 0.29) is 5.91 Å². The maximum Gasteiger partial charge on any atom is 0.287 e. The van der Waals surface area contributed by atoms with E-state index in [1.807, 2.05) is 60.7 Å². The average Bonchev–Trinajstić information content (AvgIpc) is 3.24. The molecule has 2 aromatic heterocycles. The summed E-state index contributed by atoms with van der Waals surface area (Å²) in [4.78, 5) is 16.8. The van der Waals surface area contributed by atoms with Crippen LogP contribution in [0.2, 0.25) is 0 Å². The first-order valence-corrected chi connectivity index (χ1v) is 9.20. The van der Waals surface area contributed by atoms with Gasteiger partial charge in [0.25, 0.3) is 5.91 Å². The number of aromatic nitrogens is 1. The Morgan fingerprint density at radius 1 is 1.00 bits per heavy atom. The molecule has 0 aliphatic heterocycles. The fourth-order valence-electron chi connectivity index (χ4n) is 3.06. The monoisotopic (exact) mass is 372 g/mol. The number of benzene rings is 2. The van der Waals surface area contributed by atoms with Crippen molar-refractivity contribution in [3.8, 4) is 16.9 Å². The molecule has 0 saturated carbocycles. The molecule has 0 saturated heterocycles. The maximum atomic E-state index is 12.5. The second-order valence-electron chi connectivity index (χ2n) is 6.32. The molecular weight excluding hydrogens is 352 g/mol. The summed E-state index contributed by atoms with van der Waals surface area (Å²) in [5.41, 5.74) is 2.58. The number of ether oxygens (including phenoxy) is 1. The third-order valence-corrected chi connectivity index (χ3v) is 4.42. The Morgan fingerprint density at radius 3 is 2.75 bits per heavy atom. The lowest BCUT2D eigenvalue weighted by atomic mass is 10.1. The van der Waals surface area contributed by atoms with Crippen molar-refractivity contribution in [1.82, 2.24) is 10.3 Å². The molecule has 0 atom stereocenters. The van der Waals surface area contributed by atoms with Gasteiger partial charge in [0, 0.05) is 23.7 Å². The summed E-state index contributed by atoms with van der Waals surface area (Å²) in [7, 11) is 0. The van der Waals surface area contributed by atoms with Gasteiger partial charge in [0.05, 0.1) is 12.9 Å². The van der Waals surface area contributed by atoms with Gasteiger partial charge in [-0.05, 0) is 30.2 Å². The number of nitrogens with zero attached hydrogens (tertiary/aromatic N) is 1. The zero-order valence-corrected chi connectivity index (χ0v) is 15.3. The minimum absolute atomic E-state index is 0.226. The number of furan rings is 1. The second kappa shape index (κ2) is 8.39. The topological polar surface area (TPSA) is 64.4 Å². The van der Waals surface area contributed by atoms with Gasteiger partial charge >= 0.3 is 0 Å². The molecule has 0 spiro atoms. The summed E-state index contributed by atoms with van der Waals surface area (Å²) in [6.07, 6.45) is 3.97. The van der Waals surface area contributed by atoms with Crippen LogP contribution in [0.4, 0.5) is 0 Å². The first kappa shape index (κ1) is 17.8. The molecule has 5 heteroatoms. The predicted octanol–water partition coefficient (Wildman–Crippen LogP) is 4.69. The zero-order chi connectivity index (χ0) is 19.2. The van der Waals surface area contributed by atoms with Gasteiger partial charge < -0.3 is 14.5 Å². The van der Waals surface area contributed by atoms with Gasteiger partial charge in [0.2, 0.25) is 0 Å². The minimum Gasteiger partial charge on any atom is -0.491 e. The lowest BCUT2D eigenvalue weighted by molar-refractivity contribution is 0.0925. The Hall–Kier alpha value is -3.60. The average molecular weight is 372 g/mol. The van der Waals surface area contributed by atoms with Crippen LogP contribution in [0.5, 0.6) is 5.75 Å². The molecule has 0 radical (unpaired) electrons. The number of carbonyl (C=O) groups is 1. The van der Waals surface area contributed by atoms with Crippen molar-refractivity contribution < 1.29 is 13.9 Å². The quantitative estimate of drug-likeness (QED) is 0.478. The van der Waals surface area contributed by atoms with Crippen molar-refractivity contribution in [3.05, 3.63) is 85.0 Å². The van der Waals surface area contributed by atoms with Crippen LogP contribution in [0.15, 0.2) is 83.6 Å². The fraction of sp³-hybridized carbons (Fsp3) is 0.130. The van der Waals surface area contributed by atoms with E-state index >= 15 is 0 Å². The van der Waals surface area contributed by atoms with Gasteiger partial charge in [-0.25, -0.2) is 0 Å². The zero-order valence-electron chi connectivity index (χ0n) is 15.3. The molecule has 0 aliphatic carbocycles. The number of para-hydroxylation sites is 1. The van der Waals surface area contributed by atoms with Crippen LogP contribution < -0.4 is 10.1 Å². The van der Waals surface area contributed by atoms with E-state index < -0.39 is 0 Å². The number of fused-ring (bicyclic) bond motifs is 1. The standard InChI is InChI=1S/C23H20N2O3/c26-23(22-19(12-16-28-22)17-7-2-1-3-8-17)25-14-6-15-27-20-11-4-9-18-10-5-13-24-21(18)20/h1-5,7-13,16H,6,14-15H2,(H,25,26). The first-order chi connectivity index (χ1) is 13.8. The molecule has 2 aromatic carbocycles. The van der Waals surface area contributed by atoms with E-state index in [2.05, 4.69) is 10.3 Å². The molecular formula is C23H20N2O3. The summed E-state index contributed by atoms with van der Waals surface area (Å²) in [5, 5.41) is 3.93. The number of nitrogens with one attached hydrogen (secondary N) is 1. The third kappa shape index (κ3) is 3.88. The number of hydrogen-bond acceptors (Lipinski definition) is 4. The largest absolute Gasteiger partial charge is 0.491 e. The summed E-state index contributed by atoms with van der Waals surface area (Å²) in [6, 6.07) is 21.3. The van der Waals surface area contributed by atoms with E-state index in [0.29, 0.717) is 25.3 Å². The van der Waals surface area contributed by atoms with Gasteiger partial charge in [-0.2, -0.15) is 0 Å². The molecule has 4 rings (SSSR count). The fourth-order valence-corrected chi connectivity index (χ4v) is 3.06. The first-order valence-electron chi connectivity index (χ1n) is 9.20. The number of hydrogen-bond donors (Lipinski definition) is 1. The number of pyridine rings is 1. The second-order valence-corrected chi connectivity index (χ2v) is 6.32. The van der Waals surface area contributed by atoms with Crippen molar-refractivity contribution >= 4 is 16.8 Å². The number of amides is 1. The highest BCUT2D eigenvalue weighted by Crippen LogP contribution is 2.25. The smallest absolute Gasteiger partial charge is 0.287 e. The Bertz CT molecular complexity index is 1070. The Labute approximate surface area is 163 Å². The Morgan fingerprint density at radius 2 is 1.86 bits per heavy atom. The van der Waals surface area contributed by atoms with Gasteiger partial charge in [-0.3, -0.25) is 9.78 Å². The lowest BCUT2D eigenvalue weighted by Gasteiger charge is -2.09. The van der Waals surface area contributed by atoms with Gasteiger partial charge in [-0.15, -0.1) is 0 Å². The van der Waals surface area contributed by atoms with Crippen LogP contribution >= 0.6 is 0 Å². The summed E-state index contributed by atoms with van der Waals surface area (Å²) < 4.78 is 11.3. The third-order valence-electron chi connectivity index (χ3n) is 4.42. The molecule has 1 N–H and O–H groups in total. The highest BCUT2D eigenvalue weighted by atomic mass is 16.5. The van der Waals surface area contributed by atoms with Crippen LogP contribution in [-0.4, -0.2) is 24.0 Å². The van der Waals surface area contributed by atoms with E-state index in [9.17, 15) is 4.79 Å². The van der Waals surface area contributed by atoms with E-state index in [1.54, 1.807) is 12.3 Å². The summed E-state index contributed by atoms with van der Waals surface area (Å²) in [5.74, 6) is 0.850. The molecule has 140 valence electrons. The highest BCUT2D eigenvalue weighted by molar-refractivity contribution is 5.98. The van der Waals surface area contributed by atoms with Crippen molar-refractivity contribution in [2.24, 2.45) is 0 Å². The molecule has 2 heterocycles.